The minimum absolute atomic E-state index is 0. The number of benzene rings is 1. The lowest BCUT2D eigenvalue weighted by atomic mass is 10.0. The highest BCUT2D eigenvalue weighted by molar-refractivity contribution is 7.18. The molecule has 166 valence electrons. The molecule has 0 amide bonds. The smallest absolute Gasteiger partial charge is 0.235 e. The van der Waals surface area contributed by atoms with Crippen molar-refractivity contribution in [2.24, 2.45) is 0 Å². The maximum atomic E-state index is 2.52. The number of para-hydroxylation sites is 1. The monoisotopic (exact) mass is 529 g/mol. The summed E-state index contributed by atoms with van der Waals surface area (Å²) in [4.78, 5) is 0. The van der Waals surface area contributed by atoms with Crippen molar-refractivity contribution in [3.63, 3.8) is 0 Å². The predicted octanol–water partition coefficient (Wildman–Crippen LogP) is 5.76. The van der Waals surface area contributed by atoms with Crippen LogP contribution in [0.5, 0.6) is 0 Å². The van der Waals surface area contributed by atoms with E-state index in [1.54, 1.807) is 0 Å². The van der Waals surface area contributed by atoms with Gasteiger partial charge in [-0.25, -0.2) is 0 Å². The van der Waals surface area contributed by atoms with Gasteiger partial charge in [0.15, 0.2) is 0 Å². The number of rotatable bonds is 17. The van der Waals surface area contributed by atoms with E-state index in [1.807, 2.05) is 11.3 Å². The Hall–Kier alpha value is -0.160. The van der Waals surface area contributed by atoms with E-state index in [0.29, 0.717) is 0 Å². The van der Waals surface area contributed by atoms with Gasteiger partial charge in [0.05, 0.1) is 0 Å². The van der Waals surface area contributed by atoms with Crippen LogP contribution in [0.3, 0.4) is 0 Å². The van der Waals surface area contributed by atoms with Crippen LogP contribution in [0.4, 0.5) is 0 Å². The van der Waals surface area contributed by atoms with Gasteiger partial charge in [-0.2, -0.15) is 4.57 Å². The molecule has 0 atom stereocenters. The zero-order valence-electron chi connectivity index (χ0n) is 19.1. The van der Waals surface area contributed by atoms with Crippen LogP contribution in [0.2, 0.25) is 0 Å². The lowest BCUT2D eigenvalue weighted by Crippen LogP contribution is -3.00. The van der Waals surface area contributed by atoms with Crippen molar-refractivity contribution in [3.05, 3.63) is 29.3 Å². The number of fused-ring (bicyclic) bond motifs is 1. The van der Waals surface area contributed by atoms with Gasteiger partial charge in [-0.1, -0.05) is 120 Å². The molecule has 1 heterocycles. The first-order valence-corrected chi connectivity index (χ1v) is 13.0. The fourth-order valence-corrected chi connectivity index (χ4v) is 5.29. The van der Waals surface area contributed by atoms with Crippen LogP contribution in [-0.4, -0.2) is 0 Å². The Morgan fingerprint density at radius 1 is 0.655 bits per heavy atom. The predicted molar refractivity (Wildman–Crippen MR) is 126 cm³/mol. The van der Waals surface area contributed by atoms with Crippen molar-refractivity contribution < 1.29 is 28.5 Å². The average Bonchev–Trinajstić information content (AvgIpc) is 3.03. The van der Waals surface area contributed by atoms with Crippen LogP contribution in [0.15, 0.2) is 24.3 Å². The van der Waals surface area contributed by atoms with E-state index in [1.165, 1.54) is 125 Å². The second kappa shape index (κ2) is 17.5. The van der Waals surface area contributed by atoms with E-state index in [-0.39, 0.29) is 24.0 Å². The first-order chi connectivity index (χ1) is 13.8. The molecular weight excluding hydrogens is 485 g/mol. The summed E-state index contributed by atoms with van der Waals surface area (Å²) in [5.41, 5.74) is 1.42. The average molecular weight is 530 g/mol. The molecule has 0 aliphatic heterocycles. The summed E-state index contributed by atoms with van der Waals surface area (Å²) in [6, 6.07) is 8.83. The highest BCUT2D eigenvalue weighted by Crippen LogP contribution is 2.20. The molecule has 3 heteroatoms. The van der Waals surface area contributed by atoms with Gasteiger partial charge in [-0.3, -0.25) is 0 Å². The Labute approximate surface area is 201 Å². The maximum Gasteiger partial charge on any atom is 0.235 e. The summed E-state index contributed by atoms with van der Waals surface area (Å²) in [5, 5.41) is 1.45. The van der Waals surface area contributed by atoms with Gasteiger partial charge in [-0.05, 0) is 12.5 Å². The third kappa shape index (κ3) is 11.1. The number of thiazole rings is 1. The molecule has 0 aliphatic carbocycles. The van der Waals surface area contributed by atoms with Crippen molar-refractivity contribution in [2.45, 2.75) is 123 Å². The third-order valence-electron chi connectivity index (χ3n) is 6.03. The second-order valence-electron chi connectivity index (χ2n) is 8.54. The van der Waals surface area contributed by atoms with Gasteiger partial charge in [0, 0.05) is 19.4 Å². The van der Waals surface area contributed by atoms with E-state index in [4.69, 9.17) is 0 Å². The molecule has 0 fully saturated rings. The first kappa shape index (κ1) is 26.9. The van der Waals surface area contributed by atoms with Crippen LogP contribution in [0.25, 0.3) is 10.2 Å². The zero-order chi connectivity index (χ0) is 19.9. The molecule has 0 saturated heterocycles. The van der Waals surface area contributed by atoms with Crippen molar-refractivity contribution in [3.8, 4) is 0 Å². The topological polar surface area (TPSA) is 3.88 Å². The maximum absolute atomic E-state index is 2.52. The summed E-state index contributed by atoms with van der Waals surface area (Å²) in [7, 11) is 0. The van der Waals surface area contributed by atoms with Gasteiger partial charge in [0.25, 0.3) is 0 Å². The Kier molecular flexibility index (Phi) is 16.2. The quantitative estimate of drug-likeness (QED) is 0.139. The number of halogens is 1. The highest BCUT2D eigenvalue weighted by Gasteiger charge is 2.15. The second-order valence-corrected chi connectivity index (χ2v) is 9.78. The van der Waals surface area contributed by atoms with E-state index >= 15 is 0 Å². The van der Waals surface area contributed by atoms with Crippen molar-refractivity contribution in [1.29, 1.82) is 0 Å². The fraction of sp³-hybridized carbons (Fsp3) is 0.731. The minimum Gasteiger partial charge on any atom is -1.00 e. The van der Waals surface area contributed by atoms with E-state index in [0.717, 1.165) is 0 Å². The zero-order valence-corrected chi connectivity index (χ0v) is 22.0. The van der Waals surface area contributed by atoms with Crippen LogP contribution in [-0.2, 0) is 6.54 Å². The number of hydrogen-bond acceptors (Lipinski definition) is 1. The largest absolute Gasteiger partial charge is 1.00 e. The van der Waals surface area contributed by atoms with Gasteiger partial charge in [0.2, 0.25) is 10.5 Å². The van der Waals surface area contributed by atoms with Gasteiger partial charge < -0.3 is 24.0 Å². The molecule has 29 heavy (non-hydrogen) atoms. The van der Waals surface area contributed by atoms with Crippen LogP contribution < -0.4 is 28.5 Å². The lowest BCUT2D eigenvalue weighted by Gasteiger charge is -2.03. The number of aryl methyl sites for hydroxylation is 2. The summed E-state index contributed by atoms with van der Waals surface area (Å²) in [5.74, 6) is 0. The van der Waals surface area contributed by atoms with E-state index in [2.05, 4.69) is 42.7 Å². The molecular formula is C26H44INS. The lowest BCUT2D eigenvalue weighted by molar-refractivity contribution is -0.673. The van der Waals surface area contributed by atoms with E-state index in [9.17, 15) is 0 Å². The molecule has 1 aromatic carbocycles. The molecule has 1 aromatic heterocycles. The van der Waals surface area contributed by atoms with Crippen molar-refractivity contribution in [2.75, 3.05) is 0 Å². The molecule has 0 spiro atoms. The summed E-state index contributed by atoms with van der Waals surface area (Å²) in [6.07, 6.45) is 23.0. The number of unbranched alkanes of at least 4 members (excludes halogenated alkanes) is 15. The SMILES string of the molecule is CCCCCCCCCCCCCCCCCC[n+]1c(C)sc2ccccc21.[I-]. The van der Waals surface area contributed by atoms with Crippen LogP contribution in [0.1, 0.15) is 115 Å². The molecule has 2 rings (SSSR count). The molecule has 0 aliphatic rings. The highest BCUT2D eigenvalue weighted by atomic mass is 127. The van der Waals surface area contributed by atoms with E-state index < -0.39 is 0 Å². The standard InChI is InChI=1S/C26H44NS.HI/c1-3-4-5-6-7-8-9-10-11-12-13-14-15-16-17-20-23-27-24(2)28-26-22-19-18-21-25(26)27;/h18-19,21-22H,3-17,20,23H2,1-2H3;1H/q+1;/p-1. The summed E-state index contributed by atoms with van der Waals surface area (Å²) in [6.45, 7) is 5.75. The number of aromatic nitrogens is 1. The molecule has 0 radical (unpaired) electrons. The molecule has 0 bridgehead atoms. The van der Waals surface area contributed by atoms with Crippen molar-refractivity contribution in [1.82, 2.24) is 0 Å². The molecule has 0 N–H and O–H groups in total. The summed E-state index contributed by atoms with van der Waals surface area (Å²) < 4.78 is 3.94. The molecule has 1 nitrogen and oxygen atoms in total. The van der Waals surface area contributed by atoms with Crippen molar-refractivity contribution >= 4 is 21.6 Å². The molecule has 0 saturated carbocycles. The Balaban J connectivity index is 0.00000420. The van der Waals surface area contributed by atoms with Gasteiger partial charge in [0.1, 0.15) is 11.2 Å². The normalized spacial score (nSPS) is 11.1. The third-order valence-corrected chi connectivity index (χ3v) is 7.11. The number of hydrogen-bond donors (Lipinski definition) is 0. The van der Waals surface area contributed by atoms with Crippen LogP contribution in [0, 0.1) is 6.92 Å². The Morgan fingerprint density at radius 2 is 1.10 bits per heavy atom. The van der Waals surface area contributed by atoms with Gasteiger partial charge >= 0.3 is 0 Å². The summed E-state index contributed by atoms with van der Waals surface area (Å²) >= 11 is 1.93. The van der Waals surface area contributed by atoms with Crippen LogP contribution >= 0.6 is 11.3 Å². The minimum atomic E-state index is 0. The first-order valence-electron chi connectivity index (χ1n) is 12.2. The van der Waals surface area contributed by atoms with Gasteiger partial charge in [-0.15, -0.1) is 0 Å². The Morgan fingerprint density at radius 3 is 1.62 bits per heavy atom. The molecule has 2 aromatic rings. The fourth-order valence-electron chi connectivity index (χ4n) is 4.25. The molecule has 0 unspecified atom stereocenters. The number of nitrogens with zero attached hydrogens (tertiary/aromatic N) is 1. The Bertz CT molecular complexity index is 637.